The van der Waals surface area contributed by atoms with Gasteiger partial charge in [0.05, 0.1) is 23.0 Å². The van der Waals surface area contributed by atoms with Crippen molar-refractivity contribution in [2.24, 2.45) is 10.9 Å². The molecule has 0 fully saturated rings. The molecule has 1 aliphatic rings. The number of rotatable bonds is 2. The van der Waals surface area contributed by atoms with E-state index in [0.29, 0.717) is 0 Å². The van der Waals surface area contributed by atoms with Gasteiger partial charge in [0, 0.05) is 0 Å². The number of para-hydroxylation sites is 2. The van der Waals surface area contributed by atoms with Gasteiger partial charge in [0.15, 0.2) is 0 Å². The van der Waals surface area contributed by atoms with Crippen LogP contribution in [0.15, 0.2) is 59.6 Å². The minimum Gasteiger partial charge on any atom is -0.324 e. The van der Waals surface area contributed by atoms with Crippen molar-refractivity contribution in [2.75, 3.05) is 5.32 Å². The van der Waals surface area contributed by atoms with Gasteiger partial charge in [-0.2, -0.15) is 0 Å². The molecule has 100 valence electrons. The van der Waals surface area contributed by atoms with Gasteiger partial charge in [0.25, 0.3) is 0 Å². The average Bonchev–Trinajstić information content (AvgIpc) is 2.63. The van der Waals surface area contributed by atoms with Gasteiger partial charge < -0.3 is 5.32 Å². The van der Waals surface area contributed by atoms with Crippen LogP contribution < -0.4 is 5.32 Å². The molecule has 0 saturated heterocycles. The molecule has 1 unspecified atom stereocenters. The lowest BCUT2D eigenvalue weighted by molar-refractivity contribution is -0.118. The number of benzene rings is 2. The molecule has 1 atom stereocenters. The van der Waals surface area contributed by atoms with E-state index < -0.39 is 0 Å². The van der Waals surface area contributed by atoms with E-state index in [1.165, 1.54) is 0 Å². The molecular formula is C17H16N2O. The Morgan fingerprint density at radius 1 is 1.05 bits per heavy atom. The summed E-state index contributed by atoms with van der Waals surface area (Å²) in [5.74, 6) is -0.204. The number of nitrogens with one attached hydrogen (secondary N) is 1. The molecule has 2 aromatic carbocycles. The minimum atomic E-state index is -0.218. The monoisotopic (exact) mass is 264 g/mol. The lowest BCUT2D eigenvalue weighted by Crippen LogP contribution is -2.28. The number of hydrogen-bond donors (Lipinski definition) is 1. The third-order valence-corrected chi connectivity index (χ3v) is 3.53. The van der Waals surface area contributed by atoms with Crippen molar-refractivity contribution < 1.29 is 4.79 Å². The fourth-order valence-corrected chi connectivity index (χ4v) is 2.48. The van der Waals surface area contributed by atoms with E-state index in [9.17, 15) is 4.79 Å². The zero-order chi connectivity index (χ0) is 13.9. The molecule has 0 spiro atoms. The Morgan fingerprint density at radius 2 is 1.75 bits per heavy atom. The highest BCUT2D eigenvalue weighted by molar-refractivity contribution is 6.19. The molecule has 3 rings (SSSR count). The summed E-state index contributed by atoms with van der Waals surface area (Å²) in [6.07, 6.45) is 0.730. The van der Waals surface area contributed by atoms with Gasteiger partial charge in [0.1, 0.15) is 0 Å². The first-order chi connectivity index (χ1) is 9.79. The molecule has 1 aliphatic heterocycles. The van der Waals surface area contributed by atoms with Crippen molar-refractivity contribution in [3.05, 3.63) is 60.2 Å². The lowest BCUT2D eigenvalue weighted by atomic mass is 9.93. The molecule has 0 aromatic heterocycles. The third kappa shape index (κ3) is 2.23. The normalized spacial score (nSPS) is 17.8. The van der Waals surface area contributed by atoms with Crippen molar-refractivity contribution >= 4 is 23.0 Å². The molecular weight excluding hydrogens is 248 g/mol. The number of anilines is 1. The number of nitrogens with zero attached hydrogens (tertiary/aromatic N) is 1. The summed E-state index contributed by atoms with van der Waals surface area (Å²) in [6, 6.07) is 17.6. The van der Waals surface area contributed by atoms with Gasteiger partial charge in [-0.1, -0.05) is 49.4 Å². The molecule has 0 bridgehead atoms. The van der Waals surface area contributed by atoms with Crippen molar-refractivity contribution in [3.63, 3.8) is 0 Å². The Kier molecular flexibility index (Phi) is 3.33. The number of carbonyl (C=O) groups excluding carboxylic acids is 1. The standard InChI is InChI=1S/C17H16N2O/c1-2-13-16(12-8-4-3-5-9-12)18-14-10-6-7-11-15(14)19-17(13)20/h3-11,13H,2H2,1H3,(H,19,20). The molecule has 2 aromatic rings. The zero-order valence-corrected chi connectivity index (χ0v) is 11.3. The topological polar surface area (TPSA) is 41.5 Å². The van der Waals surface area contributed by atoms with Crippen molar-refractivity contribution in [1.29, 1.82) is 0 Å². The highest BCUT2D eigenvalue weighted by Gasteiger charge is 2.27. The Morgan fingerprint density at radius 3 is 2.50 bits per heavy atom. The van der Waals surface area contributed by atoms with Gasteiger partial charge >= 0.3 is 0 Å². The second kappa shape index (κ2) is 5.29. The van der Waals surface area contributed by atoms with Crippen LogP contribution in [0.2, 0.25) is 0 Å². The Hall–Kier alpha value is -2.42. The van der Waals surface area contributed by atoms with Gasteiger partial charge in [-0.05, 0) is 24.1 Å². The number of hydrogen-bond acceptors (Lipinski definition) is 2. The van der Waals surface area contributed by atoms with E-state index in [1.54, 1.807) is 0 Å². The second-order valence-electron chi connectivity index (χ2n) is 4.83. The maximum absolute atomic E-state index is 12.4. The first kappa shape index (κ1) is 12.6. The summed E-state index contributed by atoms with van der Waals surface area (Å²) in [4.78, 5) is 17.1. The second-order valence-corrected chi connectivity index (χ2v) is 4.83. The lowest BCUT2D eigenvalue weighted by Gasteiger charge is -2.14. The van der Waals surface area contributed by atoms with E-state index in [4.69, 9.17) is 4.99 Å². The largest absolute Gasteiger partial charge is 0.324 e. The maximum atomic E-state index is 12.4. The van der Waals surface area contributed by atoms with Gasteiger partial charge in [-0.15, -0.1) is 0 Å². The minimum absolute atomic E-state index is 0.0139. The van der Waals surface area contributed by atoms with Crippen molar-refractivity contribution in [1.82, 2.24) is 0 Å². The molecule has 1 N–H and O–H groups in total. The van der Waals surface area contributed by atoms with Crippen LogP contribution in [0.4, 0.5) is 11.4 Å². The van der Waals surface area contributed by atoms with Gasteiger partial charge in [0.2, 0.25) is 5.91 Å². The Labute approximate surface area is 118 Å². The highest BCUT2D eigenvalue weighted by Crippen LogP contribution is 2.31. The molecule has 1 heterocycles. The van der Waals surface area contributed by atoms with Crippen LogP contribution >= 0.6 is 0 Å². The van der Waals surface area contributed by atoms with E-state index in [2.05, 4.69) is 5.32 Å². The van der Waals surface area contributed by atoms with E-state index in [1.807, 2.05) is 61.5 Å². The predicted octanol–water partition coefficient (Wildman–Crippen LogP) is 3.79. The molecule has 0 aliphatic carbocycles. The fourth-order valence-electron chi connectivity index (χ4n) is 2.48. The van der Waals surface area contributed by atoms with Crippen LogP contribution in [0.1, 0.15) is 18.9 Å². The average molecular weight is 264 g/mol. The number of carbonyl (C=O) groups is 1. The Bertz CT molecular complexity index is 662. The first-order valence-corrected chi connectivity index (χ1v) is 6.83. The Balaban J connectivity index is 2.17. The SMILES string of the molecule is CCC1C(=O)Nc2ccccc2N=C1c1ccccc1. The summed E-state index contributed by atoms with van der Waals surface area (Å²) in [5.41, 5.74) is 3.44. The summed E-state index contributed by atoms with van der Waals surface area (Å²) in [5, 5.41) is 2.97. The van der Waals surface area contributed by atoms with Crippen LogP contribution in [-0.4, -0.2) is 11.6 Å². The van der Waals surface area contributed by atoms with E-state index in [0.717, 1.165) is 29.1 Å². The smallest absolute Gasteiger partial charge is 0.233 e. The van der Waals surface area contributed by atoms with Crippen LogP contribution in [0.3, 0.4) is 0 Å². The van der Waals surface area contributed by atoms with Gasteiger partial charge in [-0.3, -0.25) is 4.79 Å². The summed E-state index contributed by atoms with van der Waals surface area (Å²) in [7, 11) is 0. The maximum Gasteiger partial charge on any atom is 0.233 e. The van der Waals surface area contributed by atoms with Crippen LogP contribution in [0.5, 0.6) is 0 Å². The molecule has 3 nitrogen and oxygen atoms in total. The van der Waals surface area contributed by atoms with E-state index in [-0.39, 0.29) is 11.8 Å². The third-order valence-electron chi connectivity index (χ3n) is 3.53. The first-order valence-electron chi connectivity index (χ1n) is 6.83. The van der Waals surface area contributed by atoms with Crippen LogP contribution in [0, 0.1) is 5.92 Å². The summed E-state index contributed by atoms with van der Waals surface area (Å²) in [6.45, 7) is 2.01. The predicted molar refractivity (Wildman–Crippen MR) is 81.5 cm³/mol. The molecule has 3 heteroatoms. The van der Waals surface area contributed by atoms with Crippen molar-refractivity contribution in [3.8, 4) is 0 Å². The molecule has 20 heavy (non-hydrogen) atoms. The molecule has 1 amide bonds. The van der Waals surface area contributed by atoms with E-state index >= 15 is 0 Å². The highest BCUT2D eigenvalue weighted by atomic mass is 16.1. The van der Waals surface area contributed by atoms with Crippen molar-refractivity contribution in [2.45, 2.75) is 13.3 Å². The quantitative estimate of drug-likeness (QED) is 0.881. The fraction of sp³-hybridized carbons (Fsp3) is 0.176. The molecule has 0 saturated carbocycles. The number of fused-ring (bicyclic) bond motifs is 1. The summed E-state index contributed by atoms with van der Waals surface area (Å²) < 4.78 is 0. The molecule has 0 radical (unpaired) electrons. The number of amides is 1. The van der Waals surface area contributed by atoms with Crippen LogP contribution in [-0.2, 0) is 4.79 Å². The zero-order valence-electron chi connectivity index (χ0n) is 11.3. The number of aliphatic imine (C=N–C) groups is 1. The van der Waals surface area contributed by atoms with Crippen LogP contribution in [0.25, 0.3) is 0 Å². The van der Waals surface area contributed by atoms with Gasteiger partial charge in [-0.25, -0.2) is 4.99 Å². The summed E-state index contributed by atoms with van der Waals surface area (Å²) >= 11 is 0.